The second-order valence-electron chi connectivity index (χ2n) is 10.5. The number of nitrogens with zero attached hydrogens (tertiary/aromatic N) is 6. The minimum atomic E-state index is -0.754. The fourth-order valence-electron chi connectivity index (χ4n) is 5.55. The van der Waals surface area contributed by atoms with Gasteiger partial charge in [-0.25, -0.2) is 13.8 Å². The van der Waals surface area contributed by atoms with E-state index in [1.807, 2.05) is 13.0 Å². The lowest BCUT2D eigenvalue weighted by Gasteiger charge is -2.40. The maximum absolute atomic E-state index is 15.2. The number of anilines is 3. The predicted molar refractivity (Wildman–Crippen MR) is 146 cm³/mol. The van der Waals surface area contributed by atoms with Gasteiger partial charge in [0.15, 0.2) is 0 Å². The molecule has 0 unspecified atom stereocenters. The number of likely N-dealkylation sites (tertiary alicyclic amines) is 1. The lowest BCUT2D eigenvalue weighted by atomic mass is 9.92. The number of aromatic nitrogens is 4. The molecule has 3 atom stereocenters. The maximum atomic E-state index is 15.2. The van der Waals surface area contributed by atoms with E-state index in [1.165, 1.54) is 16.6 Å². The zero-order valence-electron chi connectivity index (χ0n) is 22.0. The van der Waals surface area contributed by atoms with Gasteiger partial charge in [-0.3, -0.25) is 9.78 Å². The predicted octanol–water partition coefficient (Wildman–Crippen LogP) is 3.08. The number of hydrogen-bond donors (Lipinski definition) is 3. The highest BCUT2D eigenvalue weighted by molar-refractivity contribution is 5.78. The molecule has 2 aliphatic heterocycles. The molecule has 10 nitrogen and oxygen atoms in total. The number of pyridine rings is 1. The Labute approximate surface area is 229 Å². The number of piperidine rings is 1. The summed E-state index contributed by atoms with van der Waals surface area (Å²) >= 11 is 0. The summed E-state index contributed by atoms with van der Waals surface area (Å²) in [6.45, 7) is 3.79. The number of halogens is 2. The van der Waals surface area contributed by atoms with Crippen molar-refractivity contribution in [3.8, 4) is 11.3 Å². The molecule has 0 spiro atoms. The summed E-state index contributed by atoms with van der Waals surface area (Å²) in [6, 6.07) is 7.21. The summed E-state index contributed by atoms with van der Waals surface area (Å²) in [7, 11) is 0. The van der Waals surface area contributed by atoms with Crippen LogP contribution in [0.4, 0.5) is 26.1 Å². The average molecular weight is 549 g/mol. The van der Waals surface area contributed by atoms with Crippen molar-refractivity contribution >= 4 is 28.7 Å². The molecular weight excluding hydrogens is 518 g/mol. The van der Waals surface area contributed by atoms with Crippen LogP contribution >= 0.6 is 0 Å². The van der Waals surface area contributed by atoms with Gasteiger partial charge >= 0.3 is 0 Å². The Kier molecular flexibility index (Phi) is 6.80. The number of carbonyl (C=O) groups is 1. The molecule has 3 aromatic heterocycles. The van der Waals surface area contributed by atoms with Crippen LogP contribution in [0.25, 0.3) is 16.8 Å². The van der Waals surface area contributed by atoms with Gasteiger partial charge in [-0.1, -0.05) is 6.92 Å². The smallest absolute Gasteiger partial charge is 0.229 e. The molecule has 208 valence electrons. The van der Waals surface area contributed by atoms with Crippen molar-refractivity contribution in [3.63, 3.8) is 0 Å². The number of nitrogens with one attached hydrogen (secondary N) is 1. The molecule has 1 aromatic carbocycles. The van der Waals surface area contributed by atoms with Gasteiger partial charge in [-0.05, 0) is 42.3 Å². The Hall–Kier alpha value is -4.16. The molecule has 2 aliphatic rings. The van der Waals surface area contributed by atoms with Gasteiger partial charge in [0.1, 0.15) is 11.6 Å². The van der Waals surface area contributed by atoms with E-state index in [0.717, 1.165) is 12.1 Å². The molecule has 0 bridgehead atoms. The highest BCUT2D eigenvalue weighted by atomic mass is 19.1. The van der Waals surface area contributed by atoms with Gasteiger partial charge < -0.3 is 26.0 Å². The number of imidazole rings is 1. The highest BCUT2D eigenvalue weighted by Gasteiger charge is 2.32. The van der Waals surface area contributed by atoms with Crippen LogP contribution in [0.1, 0.15) is 25.3 Å². The third kappa shape index (κ3) is 4.84. The summed E-state index contributed by atoms with van der Waals surface area (Å²) < 4.78 is 31.9. The van der Waals surface area contributed by atoms with Crippen LogP contribution in [0.15, 0.2) is 48.9 Å². The number of hydrogen-bond acceptors (Lipinski definition) is 8. The molecule has 4 N–H and O–H groups in total. The number of fused-ring (bicyclic) bond motifs is 1. The zero-order chi connectivity index (χ0) is 28.0. The molecule has 5 heterocycles. The normalized spacial score (nSPS) is 21.4. The van der Waals surface area contributed by atoms with Crippen molar-refractivity contribution in [3.05, 3.63) is 66.1 Å². The second kappa shape index (κ2) is 10.4. The van der Waals surface area contributed by atoms with Gasteiger partial charge in [0, 0.05) is 50.8 Å². The fourth-order valence-corrected chi connectivity index (χ4v) is 5.55. The number of aliphatic hydroxyl groups is 1. The molecule has 0 radical (unpaired) electrons. The Morgan fingerprint density at radius 1 is 1.15 bits per heavy atom. The Balaban J connectivity index is 1.30. The van der Waals surface area contributed by atoms with Gasteiger partial charge in [0.25, 0.3) is 0 Å². The van der Waals surface area contributed by atoms with Crippen LogP contribution < -0.4 is 16.0 Å². The van der Waals surface area contributed by atoms with Crippen molar-refractivity contribution in [1.82, 2.24) is 24.5 Å². The van der Waals surface area contributed by atoms with E-state index in [1.54, 1.807) is 35.6 Å². The van der Waals surface area contributed by atoms with Gasteiger partial charge in [-0.15, -0.1) is 0 Å². The van der Waals surface area contributed by atoms with E-state index in [0.29, 0.717) is 48.8 Å². The van der Waals surface area contributed by atoms with E-state index in [-0.39, 0.29) is 29.6 Å². The molecule has 1 amide bonds. The highest BCUT2D eigenvalue weighted by Crippen LogP contribution is 2.32. The first-order valence-electron chi connectivity index (χ1n) is 13.3. The first-order valence-corrected chi connectivity index (χ1v) is 13.3. The number of amides is 1. The van der Waals surface area contributed by atoms with Crippen molar-refractivity contribution in [2.24, 2.45) is 11.7 Å². The van der Waals surface area contributed by atoms with E-state index >= 15 is 8.78 Å². The van der Waals surface area contributed by atoms with E-state index in [9.17, 15) is 9.90 Å². The first kappa shape index (κ1) is 26.1. The molecule has 6 rings (SSSR count). The Bertz CT molecular complexity index is 1540. The molecular formula is C28H30F2N8O2. The second-order valence-corrected chi connectivity index (χ2v) is 10.5. The number of carbonyl (C=O) groups excluding carboxylic acids is 1. The minimum absolute atomic E-state index is 0.0100. The van der Waals surface area contributed by atoms with Crippen LogP contribution in [-0.2, 0) is 11.3 Å². The van der Waals surface area contributed by atoms with Crippen molar-refractivity contribution in [2.75, 3.05) is 29.9 Å². The van der Waals surface area contributed by atoms with Crippen LogP contribution in [0, 0.1) is 17.6 Å². The number of aliphatic hydroxyl groups excluding tert-OH is 1. The molecule has 12 heteroatoms. The summed E-state index contributed by atoms with van der Waals surface area (Å²) in [5.74, 6) is -1.20. The van der Waals surface area contributed by atoms with E-state index in [2.05, 4.69) is 25.3 Å². The Morgan fingerprint density at radius 2 is 1.95 bits per heavy atom. The van der Waals surface area contributed by atoms with Crippen LogP contribution in [0.5, 0.6) is 0 Å². The SMILES string of the molecule is C[C@H]1CN(c2ccncc2Nc2ncc3ccc(-c4c(F)cc(CN5CCCC5=O)cc4F)nn23)C[C@@H](N)[C@@H]1O. The molecule has 2 fully saturated rings. The number of benzene rings is 1. The van der Waals surface area contributed by atoms with Crippen molar-refractivity contribution in [1.29, 1.82) is 0 Å². The fraction of sp³-hybridized carbons (Fsp3) is 0.357. The zero-order valence-corrected chi connectivity index (χ0v) is 22.0. The number of nitrogens with two attached hydrogens (primary N) is 1. The van der Waals surface area contributed by atoms with Gasteiger partial charge in [0.2, 0.25) is 11.9 Å². The molecule has 4 aromatic rings. The summed E-state index contributed by atoms with van der Waals surface area (Å²) in [5, 5.41) is 18.0. The van der Waals surface area contributed by atoms with E-state index < -0.39 is 23.8 Å². The first-order chi connectivity index (χ1) is 19.3. The van der Waals surface area contributed by atoms with Gasteiger partial charge in [-0.2, -0.15) is 9.61 Å². The topological polar surface area (TPSA) is 125 Å². The van der Waals surface area contributed by atoms with Crippen molar-refractivity contribution < 1.29 is 18.7 Å². The molecule has 40 heavy (non-hydrogen) atoms. The largest absolute Gasteiger partial charge is 0.391 e. The van der Waals surface area contributed by atoms with Crippen LogP contribution in [-0.4, -0.2) is 67.3 Å². The average Bonchev–Trinajstić information content (AvgIpc) is 3.52. The van der Waals surface area contributed by atoms with Crippen molar-refractivity contribution in [2.45, 2.75) is 38.5 Å². The van der Waals surface area contributed by atoms with E-state index in [4.69, 9.17) is 5.73 Å². The molecule has 0 aliphatic carbocycles. The monoisotopic (exact) mass is 548 g/mol. The Morgan fingerprint density at radius 3 is 2.67 bits per heavy atom. The lowest BCUT2D eigenvalue weighted by Crippen LogP contribution is -2.55. The summed E-state index contributed by atoms with van der Waals surface area (Å²) in [6.07, 6.45) is 5.57. The third-order valence-corrected chi connectivity index (χ3v) is 7.63. The minimum Gasteiger partial charge on any atom is -0.391 e. The summed E-state index contributed by atoms with van der Waals surface area (Å²) in [4.78, 5) is 24.3. The van der Waals surface area contributed by atoms with Crippen LogP contribution in [0.3, 0.4) is 0 Å². The molecule has 0 saturated carbocycles. The lowest BCUT2D eigenvalue weighted by molar-refractivity contribution is -0.128. The number of rotatable bonds is 6. The quantitative estimate of drug-likeness (QED) is 0.336. The standard InChI is InChI=1S/C28H30F2N8O2/c1-16-13-37(15-21(31)27(16)40)24-6-7-32-12-23(24)34-28-33-11-18-4-5-22(35-38(18)28)26-19(29)9-17(10-20(26)30)14-36-8-2-3-25(36)39/h4-7,9-12,16,21,27,40H,2-3,8,13-15,31H2,1H3,(H,33,34)/t16-,21+,27+/m0/s1. The van der Waals surface area contributed by atoms with Crippen LogP contribution in [0.2, 0.25) is 0 Å². The van der Waals surface area contributed by atoms with Gasteiger partial charge in [0.05, 0.1) is 46.6 Å². The summed E-state index contributed by atoms with van der Waals surface area (Å²) in [5.41, 5.74) is 8.52. The third-order valence-electron chi connectivity index (χ3n) is 7.63. The maximum Gasteiger partial charge on any atom is 0.229 e. The molecule has 2 saturated heterocycles.